The van der Waals surface area contributed by atoms with E-state index in [2.05, 4.69) is 0 Å². The van der Waals surface area contributed by atoms with Crippen molar-refractivity contribution in [3.05, 3.63) is 59.7 Å². The van der Waals surface area contributed by atoms with Crippen LogP contribution in [-0.4, -0.2) is 20.1 Å². The molecule has 0 N–H and O–H groups in total. The Balaban J connectivity index is 2.48. The topological polar surface area (TPSA) is 29.5 Å². The quantitative estimate of drug-likeness (QED) is 0.785. The number of benzene rings is 2. The summed E-state index contributed by atoms with van der Waals surface area (Å²) in [6, 6.07) is 15.5. The molecule has 0 amide bonds. The zero-order valence-corrected chi connectivity index (χ0v) is 11.4. The summed E-state index contributed by atoms with van der Waals surface area (Å²) in [5.74, 6) is -0.323. The van der Waals surface area contributed by atoms with Crippen LogP contribution in [-0.2, 0) is 4.74 Å². The number of hydrogen-bond acceptors (Lipinski definition) is 3. The largest absolute Gasteiger partial charge is 0.465 e. The minimum Gasteiger partial charge on any atom is -0.465 e. The van der Waals surface area contributed by atoms with Crippen molar-refractivity contribution in [3.63, 3.8) is 0 Å². The van der Waals surface area contributed by atoms with Gasteiger partial charge in [0.2, 0.25) is 0 Å². The molecule has 2 aromatic carbocycles. The molecule has 3 nitrogen and oxygen atoms in total. The van der Waals surface area contributed by atoms with Crippen LogP contribution < -0.4 is 4.90 Å². The maximum absolute atomic E-state index is 11.8. The second kappa shape index (κ2) is 5.57. The van der Waals surface area contributed by atoms with Gasteiger partial charge < -0.3 is 9.64 Å². The van der Waals surface area contributed by atoms with Crippen molar-refractivity contribution in [2.24, 2.45) is 0 Å². The number of ether oxygens (including phenoxy) is 1. The molecule has 0 radical (unpaired) electrons. The number of methoxy groups -OCH3 is 1. The molecule has 3 heteroatoms. The molecule has 0 atom stereocenters. The maximum atomic E-state index is 11.8. The van der Waals surface area contributed by atoms with Crippen molar-refractivity contribution < 1.29 is 9.53 Å². The number of carbonyl (C=O) groups is 1. The number of aryl methyl sites for hydroxylation is 1. The van der Waals surface area contributed by atoms with Gasteiger partial charge in [-0.25, -0.2) is 4.79 Å². The lowest BCUT2D eigenvalue weighted by Crippen LogP contribution is -2.15. The second-order valence-electron chi connectivity index (χ2n) is 4.35. The van der Waals surface area contributed by atoms with Gasteiger partial charge in [0.25, 0.3) is 0 Å². The second-order valence-corrected chi connectivity index (χ2v) is 4.35. The van der Waals surface area contributed by atoms with Gasteiger partial charge in [0, 0.05) is 12.7 Å². The summed E-state index contributed by atoms with van der Waals surface area (Å²) < 4.78 is 4.83. The van der Waals surface area contributed by atoms with Crippen molar-refractivity contribution >= 4 is 17.3 Å². The molecule has 0 aliphatic heterocycles. The van der Waals surface area contributed by atoms with Crippen molar-refractivity contribution in [3.8, 4) is 0 Å². The monoisotopic (exact) mass is 255 g/mol. The number of rotatable bonds is 3. The molecule has 0 aliphatic rings. The van der Waals surface area contributed by atoms with Crippen LogP contribution >= 0.6 is 0 Å². The van der Waals surface area contributed by atoms with Gasteiger partial charge in [-0.2, -0.15) is 0 Å². The van der Waals surface area contributed by atoms with E-state index < -0.39 is 0 Å². The molecule has 2 rings (SSSR count). The SMILES string of the molecule is COC(=O)c1ccccc1N(C)c1ccccc1C. The van der Waals surface area contributed by atoms with Crippen LogP contribution in [0.1, 0.15) is 15.9 Å². The van der Waals surface area contributed by atoms with E-state index in [0.29, 0.717) is 5.56 Å². The Morgan fingerprint density at radius 3 is 2.21 bits per heavy atom. The molecule has 0 heterocycles. The standard InChI is InChI=1S/C16H17NO2/c1-12-8-4-6-10-14(12)17(2)15-11-7-5-9-13(15)16(18)19-3/h4-11H,1-3H3. The molecule has 0 saturated carbocycles. The molecule has 0 saturated heterocycles. The molecule has 98 valence electrons. The Kier molecular flexibility index (Phi) is 3.85. The maximum Gasteiger partial charge on any atom is 0.339 e. The highest BCUT2D eigenvalue weighted by atomic mass is 16.5. The van der Waals surface area contributed by atoms with Crippen LogP contribution in [0.25, 0.3) is 0 Å². The summed E-state index contributed by atoms with van der Waals surface area (Å²) in [6.45, 7) is 2.05. The van der Waals surface area contributed by atoms with Crippen LogP contribution in [0.4, 0.5) is 11.4 Å². The summed E-state index contributed by atoms with van der Waals surface area (Å²) in [4.78, 5) is 13.8. The molecular formula is C16H17NO2. The van der Waals surface area contributed by atoms with Gasteiger partial charge in [-0.15, -0.1) is 0 Å². The van der Waals surface area contributed by atoms with Gasteiger partial charge in [-0.1, -0.05) is 30.3 Å². The van der Waals surface area contributed by atoms with E-state index in [4.69, 9.17) is 4.74 Å². The number of esters is 1. The zero-order chi connectivity index (χ0) is 13.8. The van der Waals surface area contributed by atoms with Crippen LogP contribution in [0.5, 0.6) is 0 Å². The molecule has 0 fully saturated rings. The first-order valence-electron chi connectivity index (χ1n) is 6.12. The fourth-order valence-electron chi connectivity index (χ4n) is 2.12. The van der Waals surface area contributed by atoms with E-state index in [-0.39, 0.29) is 5.97 Å². The molecule has 19 heavy (non-hydrogen) atoms. The summed E-state index contributed by atoms with van der Waals surface area (Å²) in [7, 11) is 3.34. The fraction of sp³-hybridized carbons (Fsp3) is 0.188. The van der Waals surface area contributed by atoms with Gasteiger partial charge in [-0.05, 0) is 30.7 Å². The van der Waals surface area contributed by atoms with E-state index in [1.807, 2.05) is 61.3 Å². The Bertz CT molecular complexity index is 593. The summed E-state index contributed by atoms with van der Waals surface area (Å²) in [5, 5.41) is 0. The molecule has 0 bridgehead atoms. The number of hydrogen-bond donors (Lipinski definition) is 0. The van der Waals surface area contributed by atoms with E-state index in [9.17, 15) is 4.79 Å². The molecule has 0 aliphatic carbocycles. The minimum atomic E-state index is -0.323. The van der Waals surface area contributed by atoms with Gasteiger partial charge in [0.1, 0.15) is 0 Å². The summed E-state index contributed by atoms with van der Waals surface area (Å²) in [6.07, 6.45) is 0. The first-order valence-corrected chi connectivity index (χ1v) is 6.12. The van der Waals surface area contributed by atoms with Crippen LogP contribution in [0.15, 0.2) is 48.5 Å². The smallest absolute Gasteiger partial charge is 0.339 e. The third kappa shape index (κ3) is 2.60. The first kappa shape index (κ1) is 13.1. The van der Waals surface area contributed by atoms with Gasteiger partial charge >= 0.3 is 5.97 Å². The van der Waals surface area contributed by atoms with Crippen LogP contribution in [0.2, 0.25) is 0 Å². The van der Waals surface area contributed by atoms with Crippen LogP contribution in [0, 0.1) is 6.92 Å². The number of anilines is 2. The Morgan fingerprint density at radius 2 is 1.58 bits per heavy atom. The van der Waals surface area contributed by atoms with Crippen molar-refractivity contribution in [2.45, 2.75) is 6.92 Å². The molecule has 0 unspecified atom stereocenters. The van der Waals surface area contributed by atoms with Crippen molar-refractivity contribution in [1.82, 2.24) is 0 Å². The predicted molar refractivity (Wildman–Crippen MR) is 77.0 cm³/mol. The molecule has 0 aromatic heterocycles. The first-order chi connectivity index (χ1) is 9.15. The lowest BCUT2D eigenvalue weighted by Gasteiger charge is -2.23. The molecule has 2 aromatic rings. The fourth-order valence-corrected chi connectivity index (χ4v) is 2.12. The van der Waals surface area contributed by atoms with Crippen molar-refractivity contribution in [2.75, 3.05) is 19.1 Å². The van der Waals surface area contributed by atoms with Crippen LogP contribution in [0.3, 0.4) is 0 Å². The van der Waals surface area contributed by atoms with E-state index in [1.165, 1.54) is 7.11 Å². The number of carbonyl (C=O) groups excluding carboxylic acids is 1. The minimum absolute atomic E-state index is 0.323. The van der Waals surface area contributed by atoms with Gasteiger partial charge in [0.05, 0.1) is 18.4 Å². The Hall–Kier alpha value is -2.29. The molecular weight excluding hydrogens is 238 g/mol. The third-order valence-electron chi connectivity index (χ3n) is 3.15. The van der Waals surface area contributed by atoms with E-state index >= 15 is 0 Å². The average Bonchev–Trinajstić information content (AvgIpc) is 2.46. The Labute approximate surface area is 113 Å². The third-order valence-corrected chi connectivity index (χ3v) is 3.15. The lowest BCUT2D eigenvalue weighted by atomic mass is 10.1. The zero-order valence-electron chi connectivity index (χ0n) is 11.4. The van der Waals surface area contributed by atoms with E-state index in [1.54, 1.807) is 6.07 Å². The Morgan fingerprint density at radius 1 is 1.00 bits per heavy atom. The van der Waals surface area contributed by atoms with Gasteiger partial charge in [-0.3, -0.25) is 0 Å². The van der Waals surface area contributed by atoms with E-state index in [0.717, 1.165) is 16.9 Å². The van der Waals surface area contributed by atoms with Crippen molar-refractivity contribution in [1.29, 1.82) is 0 Å². The number of para-hydroxylation sites is 2. The summed E-state index contributed by atoms with van der Waals surface area (Å²) >= 11 is 0. The number of nitrogens with zero attached hydrogens (tertiary/aromatic N) is 1. The van der Waals surface area contributed by atoms with Gasteiger partial charge in [0.15, 0.2) is 0 Å². The lowest BCUT2D eigenvalue weighted by molar-refractivity contribution is 0.0601. The molecule has 0 spiro atoms. The highest BCUT2D eigenvalue weighted by Crippen LogP contribution is 2.29. The normalized spacial score (nSPS) is 10.1. The average molecular weight is 255 g/mol. The predicted octanol–water partition coefficient (Wildman–Crippen LogP) is 3.55. The summed E-state index contributed by atoms with van der Waals surface area (Å²) in [5.41, 5.74) is 3.63. The highest BCUT2D eigenvalue weighted by Gasteiger charge is 2.15. The highest BCUT2D eigenvalue weighted by molar-refractivity contribution is 5.96.